The quantitative estimate of drug-likeness (QED) is 0.254. The first-order valence-electron chi connectivity index (χ1n) is 8.78. The average molecular weight is 493 g/mol. The van der Waals surface area contributed by atoms with E-state index in [2.05, 4.69) is 25.8 Å². The van der Waals surface area contributed by atoms with E-state index in [1.54, 1.807) is 0 Å². The van der Waals surface area contributed by atoms with Crippen LogP contribution in [-0.2, 0) is 13.0 Å². The fourth-order valence-electron chi connectivity index (χ4n) is 2.22. The number of guanidine groups is 1. The number of benzene rings is 1. The predicted molar refractivity (Wildman–Crippen MR) is 111 cm³/mol. The molecule has 0 unspecified atom stereocenters. The molecule has 1 aromatic heterocycles. The van der Waals surface area contributed by atoms with Gasteiger partial charge in [-0.15, -0.1) is 24.0 Å². The van der Waals surface area contributed by atoms with Gasteiger partial charge < -0.3 is 15.2 Å². The number of halogens is 3. The van der Waals surface area contributed by atoms with Crippen LogP contribution in [0, 0.1) is 11.6 Å². The molecule has 0 atom stereocenters. The first-order chi connectivity index (χ1) is 12.5. The zero-order chi connectivity index (χ0) is 18.9. The Bertz CT molecular complexity index is 736. The molecule has 0 saturated carbocycles. The summed E-state index contributed by atoms with van der Waals surface area (Å²) < 4.78 is 32.1. The largest absolute Gasteiger partial charge is 0.357 e. The second-order valence-corrected chi connectivity index (χ2v) is 6.16. The monoisotopic (exact) mass is 493 g/mol. The summed E-state index contributed by atoms with van der Waals surface area (Å²) in [4.78, 5) is 8.62. The van der Waals surface area contributed by atoms with Crippen molar-refractivity contribution in [3.63, 3.8) is 0 Å². The second kappa shape index (κ2) is 11.8. The van der Waals surface area contributed by atoms with Gasteiger partial charge in [0.15, 0.2) is 11.8 Å². The number of aromatic nitrogens is 2. The Morgan fingerprint density at radius 1 is 1.26 bits per heavy atom. The summed E-state index contributed by atoms with van der Waals surface area (Å²) in [6, 6.07) is 3.36. The average Bonchev–Trinajstić information content (AvgIpc) is 3.08. The molecule has 2 N–H and O–H groups in total. The summed E-state index contributed by atoms with van der Waals surface area (Å²) in [5.74, 6) is 1.16. The Morgan fingerprint density at radius 3 is 2.70 bits per heavy atom. The summed E-state index contributed by atoms with van der Waals surface area (Å²) in [7, 11) is 0. The minimum Gasteiger partial charge on any atom is -0.357 e. The van der Waals surface area contributed by atoms with Crippen molar-refractivity contribution >= 4 is 29.9 Å². The lowest BCUT2D eigenvalue weighted by Gasteiger charge is -2.11. The molecule has 0 aliphatic rings. The molecule has 0 radical (unpaired) electrons. The minimum absolute atomic E-state index is 0. The molecule has 1 aromatic carbocycles. The van der Waals surface area contributed by atoms with Crippen molar-refractivity contribution in [3.05, 3.63) is 47.1 Å². The summed E-state index contributed by atoms with van der Waals surface area (Å²) in [5.41, 5.74) is 0.217. The molecule has 0 spiro atoms. The van der Waals surface area contributed by atoms with E-state index in [1.807, 2.05) is 20.8 Å². The number of aryl methyl sites for hydroxylation is 1. The molecule has 2 rings (SSSR count). The maximum atomic E-state index is 13.7. The highest BCUT2D eigenvalue weighted by atomic mass is 127. The molecule has 9 heteroatoms. The van der Waals surface area contributed by atoms with Crippen molar-refractivity contribution in [2.45, 2.75) is 46.1 Å². The standard InChI is InChI=1S/C18H25F2N5O.HI/c1-4-21-18(23-11-13-10-14(19)7-8-15(13)20)22-9-5-6-16-24-17(12(2)3)25-26-16;/h7-8,10,12H,4-6,9,11H2,1-3H3,(H2,21,22,23);1H. The van der Waals surface area contributed by atoms with E-state index in [9.17, 15) is 8.78 Å². The number of nitrogens with zero attached hydrogens (tertiary/aromatic N) is 3. The molecule has 27 heavy (non-hydrogen) atoms. The Labute approximate surface area is 175 Å². The van der Waals surface area contributed by atoms with Crippen molar-refractivity contribution in [2.75, 3.05) is 13.1 Å². The third kappa shape index (κ3) is 7.77. The minimum atomic E-state index is -0.477. The number of aliphatic imine (C=N–C) groups is 1. The van der Waals surface area contributed by atoms with Crippen molar-refractivity contribution < 1.29 is 13.3 Å². The molecule has 0 bridgehead atoms. The first kappa shape index (κ1) is 23.3. The Hall–Kier alpha value is -1.78. The normalized spacial score (nSPS) is 11.4. The van der Waals surface area contributed by atoms with E-state index in [4.69, 9.17) is 4.52 Å². The van der Waals surface area contributed by atoms with Crippen LogP contribution in [-0.4, -0.2) is 29.2 Å². The molecule has 6 nitrogen and oxygen atoms in total. The van der Waals surface area contributed by atoms with Crippen molar-refractivity contribution in [2.24, 2.45) is 4.99 Å². The lowest BCUT2D eigenvalue weighted by atomic mass is 10.2. The number of rotatable bonds is 8. The molecule has 1 heterocycles. The van der Waals surface area contributed by atoms with E-state index in [-0.39, 0.29) is 42.0 Å². The molecule has 0 amide bonds. The van der Waals surface area contributed by atoms with E-state index in [0.717, 1.165) is 24.6 Å². The number of nitrogens with one attached hydrogen (secondary N) is 2. The maximum Gasteiger partial charge on any atom is 0.226 e. The summed E-state index contributed by atoms with van der Waals surface area (Å²) in [5, 5.41) is 10.2. The number of hydrogen-bond donors (Lipinski definition) is 2. The van der Waals surface area contributed by atoms with E-state index < -0.39 is 11.6 Å². The lowest BCUT2D eigenvalue weighted by Crippen LogP contribution is -2.37. The van der Waals surface area contributed by atoms with Gasteiger partial charge in [0.2, 0.25) is 5.89 Å². The highest BCUT2D eigenvalue weighted by Crippen LogP contribution is 2.11. The number of hydrogen-bond acceptors (Lipinski definition) is 4. The predicted octanol–water partition coefficient (Wildman–Crippen LogP) is 3.78. The van der Waals surface area contributed by atoms with E-state index in [0.29, 0.717) is 37.2 Å². The molecule has 0 aliphatic carbocycles. The zero-order valence-corrected chi connectivity index (χ0v) is 18.1. The molecular weight excluding hydrogens is 467 g/mol. The molecular formula is C18H26F2IN5O. The van der Waals surface area contributed by atoms with Gasteiger partial charge in [0.1, 0.15) is 11.6 Å². The third-order valence-corrected chi connectivity index (χ3v) is 3.62. The van der Waals surface area contributed by atoms with Gasteiger partial charge in [-0.25, -0.2) is 13.8 Å². The SMILES string of the molecule is CCNC(=NCc1cc(F)ccc1F)NCCCc1nc(C(C)C)no1.I. The van der Waals surface area contributed by atoms with Crippen LogP contribution in [0.25, 0.3) is 0 Å². The lowest BCUT2D eigenvalue weighted by molar-refractivity contribution is 0.368. The van der Waals surface area contributed by atoms with Crippen LogP contribution in [0.4, 0.5) is 8.78 Å². The fraction of sp³-hybridized carbons (Fsp3) is 0.500. The first-order valence-corrected chi connectivity index (χ1v) is 8.78. The van der Waals surface area contributed by atoms with Crippen LogP contribution in [0.5, 0.6) is 0 Å². The molecule has 0 saturated heterocycles. The second-order valence-electron chi connectivity index (χ2n) is 6.16. The third-order valence-electron chi connectivity index (χ3n) is 3.62. The molecule has 0 aliphatic heterocycles. The van der Waals surface area contributed by atoms with Gasteiger partial charge in [0, 0.05) is 31.0 Å². The van der Waals surface area contributed by atoms with Crippen molar-refractivity contribution in [1.82, 2.24) is 20.8 Å². The van der Waals surface area contributed by atoms with Crippen LogP contribution < -0.4 is 10.6 Å². The molecule has 2 aromatic rings. The smallest absolute Gasteiger partial charge is 0.226 e. The van der Waals surface area contributed by atoms with Gasteiger partial charge in [-0.2, -0.15) is 4.98 Å². The summed E-state index contributed by atoms with van der Waals surface area (Å²) >= 11 is 0. The van der Waals surface area contributed by atoms with Crippen LogP contribution in [0.2, 0.25) is 0 Å². The van der Waals surface area contributed by atoms with Gasteiger partial charge in [0.05, 0.1) is 6.54 Å². The van der Waals surface area contributed by atoms with Crippen LogP contribution in [0.3, 0.4) is 0 Å². The van der Waals surface area contributed by atoms with Crippen molar-refractivity contribution in [3.8, 4) is 0 Å². The Morgan fingerprint density at radius 2 is 2.04 bits per heavy atom. The van der Waals surface area contributed by atoms with Crippen LogP contribution in [0.15, 0.2) is 27.7 Å². The van der Waals surface area contributed by atoms with Gasteiger partial charge in [-0.3, -0.25) is 0 Å². The topological polar surface area (TPSA) is 75.3 Å². The van der Waals surface area contributed by atoms with Crippen LogP contribution >= 0.6 is 24.0 Å². The molecule has 150 valence electrons. The fourth-order valence-corrected chi connectivity index (χ4v) is 2.22. The van der Waals surface area contributed by atoms with Crippen molar-refractivity contribution in [1.29, 1.82) is 0 Å². The van der Waals surface area contributed by atoms with Gasteiger partial charge in [0.25, 0.3) is 0 Å². The van der Waals surface area contributed by atoms with E-state index >= 15 is 0 Å². The maximum absolute atomic E-state index is 13.7. The van der Waals surface area contributed by atoms with Crippen LogP contribution in [0.1, 0.15) is 50.4 Å². The van der Waals surface area contributed by atoms with Gasteiger partial charge in [-0.1, -0.05) is 19.0 Å². The van der Waals surface area contributed by atoms with Gasteiger partial charge in [-0.05, 0) is 31.5 Å². The zero-order valence-electron chi connectivity index (χ0n) is 15.8. The Balaban J connectivity index is 0.00000364. The summed E-state index contributed by atoms with van der Waals surface area (Å²) in [6.45, 7) is 7.31. The highest BCUT2D eigenvalue weighted by Gasteiger charge is 2.09. The Kier molecular flexibility index (Phi) is 10.2. The summed E-state index contributed by atoms with van der Waals surface area (Å²) in [6.07, 6.45) is 1.43. The van der Waals surface area contributed by atoms with E-state index in [1.165, 1.54) is 0 Å². The molecule has 0 fully saturated rings. The highest BCUT2D eigenvalue weighted by molar-refractivity contribution is 14.0. The van der Waals surface area contributed by atoms with Gasteiger partial charge >= 0.3 is 0 Å².